The molecule has 1 atom stereocenters. The van der Waals surface area contributed by atoms with Gasteiger partial charge in [-0.25, -0.2) is 9.78 Å². The first-order valence-corrected chi connectivity index (χ1v) is 8.37. The largest absolute Gasteiger partial charge is 0.448 e. The molecule has 1 unspecified atom stereocenters. The molecule has 25 heavy (non-hydrogen) atoms. The van der Waals surface area contributed by atoms with Gasteiger partial charge >= 0.3 is 6.09 Å². The van der Waals surface area contributed by atoms with Gasteiger partial charge in [0.15, 0.2) is 0 Å². The van der Waals surface area contributed by atoms with Crippen LogP contribution in [0.4, 0.5) is 4.79 Å². The lowest BCUT2D eigenvalue weighted by atomic mass is 10.0. The van der Waals surface area contributed by atoms with Crippen LogP contribution in [0.5, 0.6) is 0 Å². The van der Waals surface area contributed by atoms with E-state index >= 15 is 0 Å². The highest BCUT2D eigenvalue weighted by Crippen LogP contribution is 2.18. The minimum absolute atomic E-state index is 0.0201. The van der Waals surface area contributed by atoms with Crippen LogP contribution in [-0.4, -0.2) is 46.1 Å². The molecule has 1 N–H and O–H groups in total. The fourth-order valence-electron chi connectivity index (χ4n) is 2.90. The van der Waals surface area contributed by atoms with Crippen molar-refractivity contribution in [2.75, 3.05) is 19.7 Å². The van der Waals surface area contributed by atoms with Gasteiger partial charge in [-0.2, -0.15) is 0 Å². The molecule has 1 saturated heterocycles. The van der Waals surface area contributed by atoms with Crippen LogP contribution in [0.1, 0.15) is 23.9 Å². The fourth-order valence-corrected chi connectivity index (χ4v) is 2.90. The number of aromatic nitrogens is 2. The van der Waals surface area contributed by atoms with Gasteiger partial charge in [-0.15, -0.1) is 0 Å². The van der Waals surface area contributed by atoms with E-state index in [0.717, 1.165) is 24.4 Å². The summed E-state index contributed by atoms with van der Waals surface area (Å²) in [6.45, 7) is 3.52. The molecule has 2 aromatic rings. The summed E-state index contributed by atoms with van der Waals surface area (Å²) >= 11 is 0. The number of nitrogens with zero attached hydrogens (tertiary/aromatic N) is 3. The van der Waals surface area contributed by atoms with Crippen molar-refractivity contribution in [3.63, 3.8) is 0 Å². The maximum absolute atomic E-state index is 12.4. The number of amides is 2. The smallest absolute Gasteiger partial charge is 0.410 e. The van der Waals surface area contributed by atoms with Crippen LogP contribution in [0.15, 0.2) is 42.7 Å². The van der Waals surface area contributed by atoms with E-state index in [0.29, 0.717) is 13.2 Å². The first-order chi connectivity index (χ1) is 12.1. The normalized spacial score (nSPS) is 15.1. The maximum atomic E-state index is 12.4. The molecular formula is C18H22N4O3. The second kappa shape index (κ2) is 7.83. The number of benzene rings is 1. The van der Waals surface area contributed by atoms with Crippen molar-refractivity contribution >= 4 is 12.0 Å². The van der Waals surface area contributed by atoms with Gasteiger partial charge in [0, 0.05) is 18.9 Å². The Morgan fingerprint density at radius 2 is 2.16 bits per heavy atom. The predicted molar refractivity (Wildman–Crippen MR) is 91.8 cm³/mol. The Hall–Kier alpha value is -2.83. The van der Waals surface area contributed by atoms with Gasteiger partial charge in [-0.05, 0) is 18.9 Å². The van der Waals surface area contributed by atoms with Crippen molar-refractivity contribution in [3.05, 3.63) is 54.1 Å². The van der Waals surface area contributed by atoms with Crippen molar-refractivity contribution in [2.24, 2.45) is 0 Å². The van der Waals surface area contributed by atoms with Crippen LogP contribution < -0.4 is 5.32 Å². The minimum Gasteiger partial charge on any atom is -0.448 e. The third-order valence-corrected chi connectivity index (χ3v) is 4.30. The van der Waals surface area contributed by atoms with E-state index in [2.05, 4.69) is 14.9 Å². The van der Waals surface area contributed by atoms with Crippen LogP contribution in [-0.2, 0) is 16.1 Å². The number of carbonyl (C=O) groups excluding carboxylic acids is 2. The Balaban J connectivity index is 1.64. The summed E-state index contributed by atoms with van der Waals surface area (Å²) in [6.07, 6.45) is 4.00. The summed E-state index contributed by atoms with van der Waals surface area (Å²) < 4.78 is 6.92. The number of imidazole rings is 1. The monoisotopic (exact) mass is 342 g/mol. The molecule has 0 spiro atoms. The van der Waals surface area contributed by atoms with E-state index in [1.54, 1.807) is 6.20 Å². The third kappa shape index (κ3) is 4.37. The van der Waals surface area contributed by atoms with Crippen molar-refractivity contribution in [1.82, 2.24) is 19.8 Å². The number of nitrogens with one attached hydrogen (secondary N) is 1. The van der Waals surface area contributed by atoms with Gasteiger partial charge in [-0.3, -0.25) is 9.69 Å². The summed E-state index contributed by atoms with van der Waals surface area (Å²) in [7, 11) is 0. The molecule has 0 aliphatic carbocycles. The van der Waals surface area contributed by atoms with Crippen molar-refractivity contribution in [1.29, 1.82) is 0 Å². The molecule has 1 aromatic heterocycles. The Labute approximate surface area is 146 Å². The quantitative estimate of drug-likeness (QED) is 0.834. The van der Waals surface area contributed by atoms with E-state index < -0.39 is 6.09 Å². The summed E-state index contributed by atoms with van der Waals surface area (Å²) in [4.78, 5) is 29.5. The molecule has 132 valence electrons. The number of cyclic esters (lactones) is 1. The molecular weight excluding hydrogens is 320 g/mol. The predicted octanol–water partition coefficient (Wildman–Crippen LogP) is 1.89. The van der Waals surface area contributed by atoms with Gasteiger partial charge in [0.2, 0.25) is 5.91 Å². The van der Waals surface area contributed by atoms with Crippen molar-refractivity contribution in [2.45, 2.75) is 25.9 Å². The SMILES string of the molecule is Cc1nccn1CCC(NC(=O)CN1CCOC1=O)c1ccccc1. The lowest BCUT2D eigenvalue weighted by molar-refractivity contribution is -0.122. The van der Waals surface area contributed by atoms with Gasteiger partial charge < -0.3 is 14.6 Å². The average Bonchev–Trinajstić information content (AvgIpc) is 3.21. The molecule has 2 heterocycles. The first-order valence-electron chi connectivity index (χ1n) is 8.37. The Morgan fingerprint density at radius 3 is 2.80 bits per heavy atom. The van der Waals surface area contributed by atoms with Crippen molar-refractivity contribution < 1.29 is 14.3 Å². The zero-order valence-electron chi connectivity index (χ0n) is 14.2. The van der Waals surface area contributed by atoms with Crippen LogP contribution in [0.3, 0.4) is 0 Å². The Morgan fingerprint density at radius 1 is 1.36 bits per heavy atom. The van der Waals surface area contributed by atoms with E-state index in [1.165, 1.54) is 4.90 Å². The number of ether oxygens (including phenoxy) is 1. The number of hydrogen-bond donors (Lipinski definition) is 1. The number of rotatable bonds is 7. The Kier molecular flexibility index (Phi) is 5.33. The first kappa shape index (κ1) is 17.0. The average molecular weight is 342 g/mol. The highest BCUT2D eigenvalue weighted by molar-refractivity contribution is 5.83. The van der Waals surface area contributed by atoms with E-state index in [4.69, 9.17) is 4.74 Å². The minimum atomic E-state index is -0.430. The van der Waals surface area contributed by atoms with Crippen LogP contribution in [0, 0.1) is 6.92 Å². The molecule has 0 bridgehead atoms. The molecule has 1 aliphatic heterocycles. The van der Waals surface area contributed by atoms with Gasteiger partial charge in [0.25, 0.3) is 0 Å². The molecule has 2 amide bonds. The number of hydrogen-bond acceptors (Lipinski definition) is 4. The summed E-state index contributed by atoms with van der Waals surface area (Å²) in [5.74, 6) is 0.757. The van der Waals surface area contributed by atoms with Crippen LogP contribution in [0.2, 0.25) is 0 Å². The molecule has 7 heteroatoms. The molecule has 0 saturated carbocycles. The maximum Gasteiger partial charge on any atom is 0.410 e. The zero-order valence-corrected chi connectivity index (χ0v) is 14.2. The fraction of sp³-hybridized carbons (Fsp3) is 0.389. The standard InChI is InChI=1S/C18H22N4O3/c1-14-19-8-10-21(14)9-7-16(15-5-3-2-4-6-15)20-17(23)13-22-11-12-25-18(22)24/h2-6,8,10,16H,7,9,11-13H2,1H3,(H,20,23). The van der Waals surface area contributed by atoms with Crippen molar-refractivity contribution in [3.8, 4) is 0 Å². The van der Waals surface area contributed by atoms with Crippen LogP contribution >= 0.6 is 0 Å². The molecule has 1 fully saturated rings. The molecule has 1 aromatic carbocycles. The number of aryl methyl sites for hydroxylation is 2. The summed E-state index contributed by atoms with van der Waals surface area (Å²) in [5, 5.41) is 3.04. The lowest BCUT2D eigenvalue weighted by Crippen LogP contribution is -2.39. The molecule has 3 rings (SSSR count). The second-order valence-corrected chi connectivity index (χ2v) is 6.02. The molecule has 7 nitrogen and oxygen atoms in total. The van der Waals surface area contributed by atoms with E-state index in [-0.39, 0.29) is 18.5 Å². The number of carbonyl (C=O) groups is 2. The Bertz CT molecular complexity index is 729. The second-order valence-electron chi connectivity index (χ2n) is 6.02. The summed E-state index contributed by atoms with van der Waals surface area (Å²) in [6, 6.07) is 9.71. The van der Waals surface area contributed by atoms with E-state index in [9.17, 15) is 9.59 Å². The summed E-state index contributed by atoms with van der Waals surface area (Å²) in [5.41, 5.74) is 1.04. The molecule has 0 radical (unpaired) electrons. The van der Waals surface area contributed by atoms with Gasteiger partial charge in [0.1, 0.15) is 19.0 Å². The zero-order chi connectivity index (χ0) is 17.6. The highest BCUT2D eigenvalue weighted by atomic mass is 16.6. The third-order valence-electron chi connectivity index (χ3n) is 4.30. The highest BCUT2D eigenvalue weighted by Gasteiger charge is 2.25. The van der Waals surface area contributed by atoms with Gasteiger partial charge in [-0.1, -0.05) is 30.3 Å². The molecule has 1 aliphatic rings. The lowest BCUT2D eigenvalue weighted by Gasteiger charge is -2.21. The topological polar surface area (TPSA) is 76.5 Å². The van der Waals surface area contributed by atoms with Crippen LogP contribution in [0.25, 0.3) is 0 Å². The van der Waals surface area contributed by atoms with E-state index in [1.807, 2.05) is 43.5 Å². The van der Waals surface area contributed by atoms with Gasteiger partial charge in [0.05, 0.1) is 12.6 Å².